The molecule has 1 N–H and O–H groups in total. The average Bonchev–Trinajstić information content (AvgIpc) is 2.38. The quantitative estimate of drug-likeness (QED) is 0.830. The van der Waals surface area contributed by atoms with Crippen LogP contribution in [0.5, 0.6) is 0 Å². The summed E-state index contributed by atoms with van der Waals surface area (Å²) in [5.41, 5.74) is 2.15. The van der Waals surface area contributed by atoms with E-state index in [2.05, 4.69) is 11.8 Å². The van der Waals surface area contributed by atoms with E-state index < -0.39 is 5.97 Å². The summed E-state index contributed by atoms with van der Waals surface area (Å²) in [6.07, 6.45) is 0. The second kappa shape index (κ2) is 6.25. The van der Waals surface area contributed by atoms with Gasteiger partial charge in [-0.2, -0.15) is 11.8 Å². The number of hydrogen-bond acceptors (Lipinski definition) is 3. The van der Waals surface area contributed by atoms with Gasteiger partial charge in [0.2, 0.25) is 0 Å². The van der Waals surface area contributed by atoms with Gasteiger partial charge in [-0.05, 0) is 16.9 Å². The standard InChI is InChI=1S/C14H19NO2S/c1-2-18-8-7-15-9-11-5-3-4-6-12(11)13(10-15)14(16)17/h3-6,13H,2,7-10H2,1H3,(H,16,17). The largest absolute Gasteiger partial charge is 0.481 e. The Bertz CT molecular complexity index is 422. The minimum Gasteiger partial charge on any atom is -0.481 e. The van der Waals surface area contributed by atoms with Crippen molar-refractivity contribution < 1.29 is 9.90 Å². The van der Waals surface area contributed by atoms with Gasteiger partial charge in [0, 0.05) is 25.4 Å². The van der Waals surface area contributed by atoms with Crippen LogP contribution in [0.15, 0.2) is 24.3 Å². The second-order valence-electron chi connectivity index (χ2n) is 4.52. The normalized spacial score (nSPS) is 19.5. The Balaban J connectivity index is 2.10. The lowest BCUT2D eigenvalue weighted by atomic mass is 9.90. The minimum atomic E-state index is -0.713. The molecular formula is C14H19NO2S. The number of thioether (sulfide) groups is 1. The lowest BCUT2D eigenvalue weighted by Gasteiger charge is -2.32. The highest BCUT2D eigenvalue weighted by molar-refractivity contribution is 7.99. The van der Waals surface area contributed by atoms with E-state index in [4.69, 9.17) is 0 Å². The maximum Gasteiger partial charge on any atom is 0.312 e. The molecule has 0 saturated carbocycles. The molecule has 1 aromatic carbocycles. The van der Waals surface area contributed by atoms with Crippen molar-refractivity contribution in [1.29, 1.82) is 0 Å². The molecule has 0 aromatic heterocycles. The van der Waals surface area contributed by atoms with Gasteiger partial charge in [-0.3, -0.25) is 9.69 Å². The summed E-state index contributed by atoms with van der Waals surface area (Å²) >= 11 is 1.90. The first-order chi connectivity index (χ1) is 8.72. The second-order valence-corrected chi connectivity index (χ2v) is 5.92. The maximum atomic E-state index is 11.4. The van der Waals surface area contributed by atoms with Crippen LogP contribution in [0.25, 0.3) is 0 Å². The molecule has 3 nitrogen and oxygen atoms in total. The van der Waals surface area contributed by atoms with Crippen molar-refractivity contribution in [3.8, 4) is 0 Å². The average molecular weight is 265 g/mol. The van der Waals surface area contributed by atoms with Crippen molar-refractivity contribution in [3.63, 3.8) is 0 Å². The van der Waals surface area contributed by atoms with Gasteiger partial charge in [-0.1, -0.05) is 31.2 Å². The number of carbonyl (C=O) groups is 1. The van der Waals surface area contributed by atoms with Crippen LogP contribution in [0.2, 0.25) is 0 Å². The van der Waals surface area contributed by atoms with E-state index in [-0.39, 0.29) is 5.92 Å². The summed E-state index contributed by atoms with van der Waals surface area (Å²) in [6.45, 7) is 4.63. The van der Waals surface area contributed by atoms with Crippen LogP contribution in [0.4, 0.5) is 0 Å². The van der Waals surface area contributed by atoms with Crippen LogP contribution in [0.3, 0.4) is 0 Å². The molecule has 1 atom stereocenters. The first-order valence-electron chi connectivity index (χ1n) is 6.33. The van der Waals surface area contributed by atoms with E-state index >= 15 is 0 Å². The van der Waals surface area contributed by atoms with Gasteiger partial charge in [0.25, 0.3) is 0 Å². The highest BCUT2D eigenvalue weighted by atomic mass is 32.2. The lowest BCUT2D eigenvalue weighted by Crippen LogP contribution is -2.38. The van der Waals surface area contributed by atoms with Crippen LogP contribution in [-0.4, -0.2) is 40.6 Å². The third-order valence-electron chi connectivity index (χ3n) is 3.32. The number of benzene rings is 1. The van der Waals surface area contributed by atoms with E-state index in [1.807, 2.05) is 36.0 Å². The summed E-state index contributed by atoms with van der Waals surface area (Å²) < 4.78 is 0. The number of carboxylic acids is 1. The summed E-state index contributed by atoms with van der Waals surface area (Å²) in [5, 5.41) is 9.34. The molecule has 98 valence electrons. The predicted octanol–water partition coefficient (Wildman–Crippen LogP) is 2.42. The first-order valence-corrected chi connectivity index (χ1v) is 7.48. The fourth-order valence-electron chi connectivity index (χ4n) is 2.40. The third-order valence-corrected chi connectivity index (χ3v) is 4.20. The Hall–Kier alpha value is -1.00. The number of aliphatic carboxylic acids is 1. The first kappa shape index (κ1) is 13.4. The van der Waals surface area contributed by atoms with Crippen molar-refractivity contribution in [2.24, 2.45) is 0 Å². The molecule has 18 heavy (non-hydrogen) atoms. The SMILES string of the molecule is CCSCCN1Cc2ccccc2C(C(=O)O)C1. The zero-order valence-electron chi connectivity index (χ0n) is 10.6. The monoisotopic (exact) mass is 265 g/mol. The van der Waals surface area contributed by atoms with E-state index in [1.54, 1.807) is 0 Å². The molecule has 0 radical (unpaired) electrons. The lowest BCUT2D eigenvalue weighted by molar-refractivity contribution is -0.139. The molecule has 0 amide bonds. The molecule has 0 fully saturated rings. The number of hydrogen-bond donors (Lipinski definition) is 1. The topological polar surface area (TPSA) is 40.5 Å². The van der Waals surface area contributed by atoms with Gasteiger partial charge < -0.3 is 5.11 Å². The molecule has 4 heteroatoms. The van der Waals surface area contributed by atoms with Crippen molar-refractivity contribution in [1.82, 2.24) is 4.90 Å². The van der Waals surface area contributed by atoms with Crippen molar-refractivity contribution in [3.05, 3.63) is 35.4 Å². The zero-order valence-corrected chi connectivity index (χ0v) is 11.4. The minimum absolute atomic E-state index is 0.374. The van der Waals surface area contributed by atoms with E-state index in [9.17, 15) is 9.90 Å². The smallest absolute Gasteiger partial charge is 0.312 e. The van der Waals surface area contributed by atoms with Crippen LogP contribution in [0.1, 0.15) is 24.0 Å². The van der Waals surface area contributed by atoms with Crippen LogP contribution in [-0.2, 0) is 11.3 Å². The van der Waals surface area contributed by atoms with Crippen molar-refractivity contribution >= 4 is 17.7 Å². The van der Waals surface area contributed by atoms with Gasteiger partial charge in [0.05, 0.1) is 5.92 Å². The Morgan fingerprint density at radius 3 is 3.00 bits per heavy atom. The van der Waals surface area contributed by atoms with Crippen molar-refractivity contribution in [2.75, 3.05) is 24.6 Å². The van der Waals surface area contributed by atoms with Crippen LogP contribution in [0, 0.1) is 0 Å². The number of carboxylic acid groups (broad SMARTS) is 1. The Labute approximate surface area is 112 Å². The summed E-state index contributed by atoms with van der Waals surface area (Å²) in [4.78, 5) is 13.6. The van der Waals surface area contributed by atoms with Gasteiger partial charge in [0.1, 0.15) is 0 Å². The van der Waals surface area contributed by atoms with Crippen molar-refractivity contribution in [2.45, 2.75) is 19.4 Å². The zero-order chi connectivity index (χ0) is 13.0. The Kier molecular flexibility index (Phi) is 4.66. The molecule has 1 aromatic rings. The Morgan fingerprint density at radius 1 is 1.50 bits per heavy atom. The molecule has 0 spiro atoms. The van der Waals surface area contributed by atoms with E-state index in [0.717, 1.165) is 35.7 Å². The van der Waals surface area contributed by atoms with E-state index in [1.165, 1.54) is 0 Å². The highest BCUT2D eigenvalue weighted by Crippen LogP contribution is 2.28. The van der Waals surface area contributed by atoms with Gasteiger partial charge in [-0.25, -0.2) is 0 Å². The molecule has 0 bridgehead atoms. The summed E-state index contributed by atoms with van der Waals surface area (Å²) in [5.74, 6) is 1.11. The fraction of sp³-hybridized carbons (Fsp3) is 0.500. The van der Waals surface area contributed by atoms with Crippen LogP contribution >= 0.6 is 11.8 Å². The molecule has 2 rings (SSSR count). The van der Waals surface area contributed by atoms with Crippen LogP contribution < -0.4 is 0 Å². The van der Waals surface area contributed by atoms with E-state index in [0.29, 0.717) is 6.54 Å². The summed E-state index contributed by atoms with van der Waals surface area (Å²) in [7, 11) is 0. The number of nitrogens with zero attached hydrogens (tertiary/aromatic N) is 1. The predicted molar refractivity (Wildman–Crippen MR) is 75.1 cm³/mol. The third kappa shape index (κ3) is 3.06. The molecule has 0 saturated heterocycles. The molecule has 1 aliphatic rings. The molecule has 0 aliphatic carbocycles. The van der Waals surface area contributed by atoms with Gasteiger partial charge in [-0.15, -0.1) is 0 Å². The molecule has 1 aliphatic heterocycles. The summed E-state index contributed by atoms with van der Waals surface area (Å²) in [6, 6.07) is 7.91. The maximum absolute atomic E-state index is 11.4. The van der Waals surface area contributed by atoms with Gasteiger partial charge in [0.15, 0.2) is 0 Å². The molecule has 1 unspecified atom stereocenters. The molecular weight excluding hydrogens is 246 g/mol. The van der Waals surface area contributed by atoms with Gasteiger partial charge >= 0.3 is 5.97 Å². The fourth-order valence-corrected chi connectivity index (χ4v) is 3.08. The highest BCUT2D eigenvalue weighted by Gasteiger charge is 2.29. The Morgan fingerprint density at radius 2 is 2.28 bits per heavy atom. The number of fused-ring (bicyclic) bond motifs is 1. The molecule has 1 heterocycles. The number of rotatable bonds is 5.